The Balaban J connectivity index is 1.75. The van der Waals surface area contributed by atoms with Crippen LogP contribution in [0.4, 0.5) is 8.78 Å². The van der Waals surface area contributed by atoms with Gasteiger partial charge in [-0.25, -0.2) is 13.6 Å². The number of amides is 1. The smallest absolute Gasteiger partial charge is 0.344 e. The number of hydrogen-bond acceptors (Lipinski definition) is 5. The second-order valence-corrected chi connectivity index (χ2v) is 6.21. The Kier molecular flexibility index (Phi) is 7.82. The van der Waals surface area contributed by atoms with Gasteiger partial charge < -0.3 is 14.8 Å². The van der Waals surface area contributed by atoms with Crippen LogP contribution in [0, 0.1) is 11.6 Å². The molecule has 0 unspecified atom stereocenters. The lowest BCUT2D eigenvalue weighted by atomic mass is 10.1. The van der Waals surface area contributed by atoms with Crippen molar-refractivity contribution in [2.75, 3.05) is 13.2 Å². The number of benzene rings is 2. The summed E-state index contributed by atoms with van der Waals surface area (Å²) in [6.45, 7) is 2.29. The second kappa shape index (κ2) is 10.3. The number of carbonyl (C=O) groups is 3. The maximum atomic E-state index is 13.7. The Morgan fingerprint density at radius 2 is 1.72 bits per heavy atom. The van der Waals surface area contributed by atoms with Crippen molar-refractivity contribution in [3.05, 3.63) is 65.2 Å². The van der Waals surface area contributed by atoms with Gasteiger partial charge in [0.1, 0.15) is 17.4 Å². The Labute approximate surface area is 166 Å². The first kappa shape index (κ1) is 22.0. The second-order valence-electron chi connectivity index (χ2n) is 6.21. The summed E-state index contributed by atoms with van der Waals surface area (Å²) in [5, 5.41) is 2.46. The van der Waals surface area contributed by atoms with Gasteiger partial charge >= 0.3 is 5.97 Å². The molecule has 0 spiro atoms. The molecule has 8 heteroatoms. The molecule has 2 rings (SSSR count). The number of ether oxygens (including phenoxy) is 2. The molecule has 6 nitrogen and oxygen atoms in total. The van der Waals surface area contributed by atoms with Crippen LogP contribution in [-0.2, 0) is 14.3 Å². The van der Waals surface area contributed by atoms with Gasteiger partial charge in [-0.1, -0.05) is 13.0 Å². The van der Waals surface area contributed by atoms with Crippen molar-refractivity contribution in [3.63, 3.8) is 0 Å². The van der Waals surface area contributed by atoms with Crippen molar-refractivity contribution in [1.82, 2.24) is 5.32 Å². The third-order valence-corrected chi connectivity index (χ3v) is 4.02. The average molecular weight is 405 g/mol. The first-order valence-electron chi connectivity index (χ1n) is 8.96. The van der Waals surface area contributed by atoms with Crippen molar-refractivity contribution in [3.8, 4) is 5.75 Å². The van der Waals surface area contributed by atoms with Crippen LogP contribution in [0.15, 0.2) is 42.5 Å². The molecule has 1 amide bonds. The van der Waals surface area contributed by atoms with E-state index in [1.165, 1.54) is 13.0 Å². The van der Waals surface area contributed by atoms with Gasteiger partial charge in [0.25, 0.3) is 5.91 Å². The molecule has 0 radical (unpaired) electrons. The number of Topliss-reactive ketones (excluding diaryl/α,β-unsaturated/α-hetero) is 1. The number of hydrogen-bond donors (Lipinski definition) is 1. The molecule has 0 fully saturated rings. The van der Waals surface area contributed by atoms with E-state index in [0.717, 1.165) is 12.1 Å². The third kappa shape index (κ3) is 6.67. The molecule has 0 saturated heterocycles. The van der Waals surface area contributed by atoms with Gasteiger partial charge in [0.2, 0.25) is 0 Å². The lowest BCUT2D eigenvalue weighted by Crippen LogP contribution is -2.32. The Morgan fingerprint density at radius 3 is 2.34 bits per heavy atom. The third-order valence-electron chi connectivity index (χ3n) is 4.02. The molecule has 1 atom stereocenters. The molecule has 1 N–H and O–H groups in total. The quantitative estimate of drug-likeness (QED) is 0.511. The lowest BCUT2D eigenvalue weighted by molar-refractivity contribution is -0.150. The normalized spacial score (nSPS) is 11.4. The van der Waals surface area contributed by atoms with Crippen LogP contribution in [-0.4, -0.2) is 30.9 Å². The average Bonchev–Trinajstić information content (AvgIpc) is 2.70. The Bertz CT molecular complexity index is 883. The van der Waals surface area contributed by atoms with Crippen LogP contribution in [0.5, 0.6) is 5.75 Å². The van der Waals surface area contributed by atoms with Crippen molar-refractivity contribution < 1.29 is 32.6 Å². The molecule has 0 bridgehead atoms. The zero-order valence-corrected chi connectivity index (χ0v) is 16.0. The minimum Gasteiger partial charge on any atom is -0.482 e. The molecule has 0 saturated carbocycles. The van der Waals surface area contributed by atoms with Crippen molar-refractivity contribution in [1.29, 1.82) is 0 Å². The van der Waals surface area contributed by atoms with Gasteiger partial charge in [-0.15, -0.1) is 0 Å². The van der Waals surface area contributed by atoms with Gasteiger partial charge in [0.05, 0.1) is 6.04 Å². The van der Waals surface area contributed by atoms with Crippen molar-refractivity contribution in [2.24, 2.45) is 0 Å². The largest absolute Gasteiger partial charge is 0.482 e. The predicted octanol–water partition coefficient (Wildman–Crippen LogP) is 3.36. The molecule has 0 aliphatic heterocycles. The highest BCUT2D eigenvalue weighted by molar-refractivity contribution is 5.95. The summed E-state index contributed by atoms with van der Waals surface area (Å²) in [6, 6.07) is 8.61. The zero-order chi connectivity index (χ0) is 21.4. The van der Waals surface area contributed by atoms with E-state index in [9.17, 15) is 23.2 Å². The Hall–Kier alpha value is -3.29. The topological polar surface area (TPSA) is 81.7 Å². The number of ketones is 1. The number of nitrogens with one attached hydrogen (secondary N) is 1. The van der Waals surface area contributed by atoms with Crippen molar-refractivity contribution in [2.45, 2.75) is 26.3 Å². The summed E-state index contributed by atoms with van der Waals surface area (Å²) in [6.07, 6.45) is 0.390. The summed E-state index contributed by atoms with van der Waals surface area (Å²) in [5.41, 5.74) is 0.658. The lowest BCUT2D eigenvalue weighted by Gasteiger charge is -2.15. The van der Waals surface area contributed by atoms with Gasteiger partial charge in [0.15, 0.2) is 19.0 Å². The highest BCUT2D eigenvalue weighted by Gasteiger charge is 2.16. The van der Waals surface area contributed by atoms with Crippen LogP contribution in [0.1, 0.15) is 42.2 Å². The van der Waals surface area contributed by atoms with E-state index in [0.29, 0.717) is 17.7 Å². The van der Waals surface area contributed by atoms with Gasteiger partial charge in [-0.2, -0.15) is 0 Å². The first-order chi connectivity index (χ1) is 13.8. The van der Waals surface area contributed by atoms with E-state index in [2.05, 4.69) is 5.32 Å². The fourth-order valence-corrected chi connectivity index (χ4v) is 2.48. The highest BCUT2D eigenvalue weighted by atomic mass is 19.1. The molecule has 2 aromatic rings. The number of rotatable bonds is 9. The molecule has 0 heterocycles. The maximum absolute atomic E-state index is 13.7. The van der Waals surface area contributed by atoms with Crippen LogP contribution in [0.3, 0.4) is 0 Å². The summed E-state index contributed by atoms with van der Waals surface area (Å²) < 4.78 is 36.7. The summed E-state index contributed by atoms with van der Waals surface area (Å²) in [4.78, 5) is 35.1. The molecular formula is C21H21F2NO5. The van der Waals surface area contributed by atoms with E-state index in [-0.39, 0.29) is 11.3 Å². The Morgan fingerprint density at radius 1 is 1.03 bits per heavy atom. The summed E-state index contributed by atoms with van der Waals surface area (Å²) >= 11 is 0. The predicted molar refractivity (Wildman–Crippen MR) is 100 cm³/mol. The summed E-state index contributed by atoms with van der Waals surface area (Å²) in [7, 11) is 0. The van der Waals surface area contributed by atoms with E-state index in [1.807, 2.05) is 0 Å². The molecule has 29 heavy (non-hydrogen) atoms. The van der Waals surface area contributed by atoms with Crippen molar-refractivity contribution >= 4 is 17.7 Å². The number of esters is 1. The van der Waals surface area contributed by atoms with Gasteiger partial charge in [0, 0.05) is 23.6 Å². The molecule has 2 aromatic carbocycles. The molecular weight excluding hydrogens is 384 g/mol. The van der Waals surface area contributed by atoms with E-state index in [1.54, 1.807) is 31.2 Å². The van der Waals surface area contributed by atoms with Crippen LogP contribution >= 0.6 is 0 Å². The number of halogens is 2. The van der Waals surface area contributed by atoms with Crippen LogP contribution < -0.4 is 10.1 Å². The van der Waals surface area contributed by atoms with Crippen LogP contribution in [0.2, 0.25) is 0 Å². The maximum Gasteiger partial charge on any atom is 0.344 e. The fourth-order valence-electron chi connectivity index (χ4n) is 2.48. The molecule has 0 aliphatic rings. The minimum atomic E-state index is -0.783. The minimum absolute atomic E-state index is 0.00304. The SMILES string of the molecule is CCC(=O)c1ccc(OCC(=O)OCC(=O)N[C@H](C)c2ccc(F)cc2F)cc1. The molecule has 0 aromatic heterocycles. The zero-order valence-electron chi connectivity index (χ0n) is 16.0. The highest BCUT2D eigenvalue weighted by Crippen LogP contribution is 2.17. The molecule has 0 aliphatic carbocycles. The van der Waals surface area contributed by atoms with Crippen LogP contribution in [0.25, 0.3) is 0 Å². The molecule has 154 valence electrons. The number of carbonyl (C=O) groups excluding carboxylic acids is 3. The van der Waals surface area contributed by atoms with E-state index in [4.69, 9.17) is 9.47 Å². The fraction of sp³-hybridized carbons (Fsp3) is 0.286. The van der Waals surface area contributed by atoms with E-state index < -0.39 is 42.8 Å². The first-order valence-corrected chi connectivity index (χ1v) is 8.96. The van der Waals surface area contributed by atoms with E-state index >= 15 is 0 Å². The monoisotopic (exact) mass is 405 g/mol. The standard InChI is InChI=1S/C21H21F2NO5/c1-3-19(25)14-4-7-16(8-5-14)28-12-21(27)29-11-20(26)24-13(2)17-9-6-15(22)10-18(17)23/h4-10,13H,3,11-12H2,1-2H3,(H,24,26)/t13-/m1/s1. The summed E-state index contributed by atoms with van der Waals surface area (Å²) in [5.74, 6) is -2.54. The van der Waals surface area contributed by atoms with Gasteiger partial charge in [-0.3, -0.25) is 9.59 Å². The van der Waals surface area contributed by atoms with Gasteiger partial charge in [-0.05, 0) is 37.3 Å².